The molecule has 8 nitrogen and oxygen atoms in total. The summed E-state index contributed by atoms with van der Waals surface area (Å²) in [5, 5.41) is 21.5. The molecule has 1 aromatic heterocycles. The van der Waals surface area contributed by atoms with E-state index in [1.165, 1.54) is 18.9 Å². The Bertz CT molecular complexity index is 739. The van der Waals surface area contributed by atoms with Crippen LogP contribution in [0.15, 0.2) is 16.8 Å². The number of carbonyl (C=O) groups is 1. The number of nitrogens with one attached hydrogen (secondary N) is 1. The van der Waals surface area contributed by atoms with Crippen LogP contribution >= 0.6 is 0 Å². The van der Waals surface area contributed by atoms with Crippen LogP contribution < -0.4 is 5.32 Å². The molecule has 3 rings (SSSR count). The zero-order chi connectivity index (χ0) is 16.9. The Morgan fingerprint density at radius 2 is 2.04 bits per heavy atom. The predicted molar refractivity (Wildman–Crippen MR) is 87.8 cm³/mol. The lowest BCUT2D eigenvalue weighted by Crippen LogP contribution is -2.04. The van der Waals surface area contributed by atoms with Gasteiger partial charge in [-0.05, 0) is 48.0 Å². The van der Waals surface area contributed by atoms with Crippen LogP contribution in [0.4, 0.5) is 11.4 Å². The third-order valence-electron chi connectivity index (χ3n) is 4.25. The second kappa shape index (κ2) is 7.37. The van der Waals surface area contributed by atoms with E-state index >= 15 is 0 Å². The average molecular weight is 332 g/mol. The molecule has 0 unspecified atom stereocenters. The summed E-state index contributed by atoms with van der Waals surface area (Å²) in [6.07, 6.45) is 6.67. The van der Waals surface area contributed by atoms with E-state index in [1.54, 1.807) is 6.07 Å². The van der Waals surface area contributed by atoms with Crippen molar-refractivity contribution in [1.82, 2.24) is 10.3 Å². The maximum atomic E-state index is 11.7. The third-order valence-corrected chi connectivity index (χ3v) is 4.25. The minimum atomic E-state index is -0.505. The number of hydrogen-bond acceptors (Lipinski definition) is 7. The van der Waals surface area contributed by atoms with E-state index in [0.29, 0.717) is 35.9 Å². The second-order valence-electron chi connectivity index (χ2n) is 6.27. The van der Waals surface area contributed by atoms with Crippen LogP contribution in [0.3, 0.4) is 0 Å². The predicted octanol–water partition coefficient (Wildman–Crippen LogP) is 3.47. The largest absolute Gasteiger partial charge is 0.383 e. The van der Waals surface area contributed by atoms with Gasteiger partial charge in [-0.25, -0.2) is 4.63 Å². The molecule has 0 amide bonds. The van der Waals surface area contributed by atoms with E-state index < -0.39 is 4.92 Å². The number of non-ortho nitro benzene ring substituents is 1. The molecule has 2 aromatic rings. The second-order valence-corrected chi connectivity index (χ2v) is 6.27. The molecule has 0 radical (unpaired) electrons. The molecule has 8 heteroatoms. The summed E-state index contributed by atoms with van der Waals surface area (Å²) >= 11 is 0. The highest BCUT2D eigenvalue weighted by molar-refractivity contribution is 5.93. The van der Waals surface area contributed by atoms with Crippen LogP contribution in [0.2, 0.25) is 0 Å². The van der Waals surface area contributed by atoms with Gasteiger partial charge < -0.3 is 5.32 Å². The van der Waals surface area contributed by atoms with Gasteiger partial charge in [0.1, 0.15) is 5.78 Å². The van der Waals surface area contributed by atoms with E-state index in [-0.39, 0.29) is 11.2 Å². The van der Waals surface area contributed by atoms with Gasteiger partial charge in [-0.2, -0.15) is 0 Å². The first kappa shape index (κ1) is 16.4. The molecule has 1 aromatic carbocycles. The van der Waals surface area contributed by atoms with Gasteiger partial charge in [0.25, 0.3) is 0 Å². The first-order valence-corrected chi connectivity index (χ1v) is 8.30. The number of nitrogens with zero attached hydrogens (tertiary/aromatic N) is 3. The summed E-state index contributed by atoms with van der Waals surface area (Å²) in [6, 6.07) is 3.01. The number of Topliss-reactive ketones (excluding diaryl/α,β-unsaturated/α-hetero) is 1. The third kappa shape index (κ3) is 4.06. The van der Waals surface area contributed by atoms with Crippen molar-refractivity contribution in [1.29, 1.82) is 0 Å². The van der Waals surface area contributed by atoms with Gasteiger partial charge in [-0.1, -0.05) is 6.42 Å². The van der Waals surface area contributed by atoms with Crippen molar-refractivity contribution < 1.29 is 14.3 Å². The van der Waals surface area contributed by atoms with Gasteiger partial charge in [0, 0.05) is 25.5 Å². The van der Waals surface area contributed by atoms with Crippen LogP contribution in [-0.2, 0) is 4.79 Å². The minimum absolute atomic E-state index is 0.119. The van der Waals surface area contributed by atoms with E-state index in [2.05, 4.69) is 20.3 Å². The number of unbranched alkanes of at least 4 members (excludes halogenated alkanes) is 2. The maximum absolute atomic E-state index is 11.7. The Balaban J connectivity index is 1.43. The monoisotopic (exact) mass is 332 g/mol. The number of hydrogen-bond donors (Lipinski definition) is 1. The number of fused-ring (bicyclic) bond motifs is 1. The molecular weight excluding hydrogens is 312 g/mol. The summed E-state index contributed by atoms with van der Waals surface area (Å²) in [6.45, 7) is 0.705. The standard InChI is InChI=1S/C16H20N4O4/c21-12(10-11-5-6-11)4-2-1-3-9-17-13-7-8-14(20(22)23)16-15(13)18-24-19-16/h7-8,11,17H,1-6,9-10H2. The molecule has 1 heterocycles. The lowest BCUT2D eigenvalue weighted by Gasteiger charge is -2.06. The van der Waals surface area contributed by atoms with Crippen LogP contribution in [0, 0.1) is 16.0 Å². The lowest BCUT2D eigenvalue weighted by molar-refractivity contribution is -0.383. The smallest absolute Gasteiger partial charge is 0.300 e. The molecule has 1 fully saturated rings. The van der Waals surface area contributed by atoms with Crippen molar-refractivity contribution in [2.45, 2.75) is 44.9 Å². The number of rotatable bonds is 10. The lowest BCUT2D eigenvalue weighted by atomic mass is 10.1. The minimum Gasteiger partial charge on any atom is -0.383 e. The van der Waals surface area contributed by atoms with Gasteiger partial charge in [-0.3, -0.25) is 14.9 Å². The number of benzene rings is 1. The summed E-state index contributed by atoms with van der Waals surface area (Å²) in [7, 11) is 0. The fourth-order valence-electron chi connectivity index (χ4n) is 2.74. The first-order chi connectivity index (χ1) is 11.6. The number of aromatic nitrogens is 2. The van der Waals surface area contributed by atoms with Crippen molar-refractivity contribution in [2.24, 2.45) is 5.92 Å². The van der Waals surface area contributed by atoms with Crippen molar-refractivity contribution in [2.75, 3.05) is 11.9 Å². The van der Waals surface area contributed by atoms with Crippen LogP contribution in [-0.4, -0.2) is 27.6 Å². The average Bonchev–Trinajstić information content (AvgIpc) is 3.22. The van der Waals surface area contributed by atoms with E-state index in [0.717, 1.165) is 25.7 Å². The number of ketones is 1. The molecular formula is C16H20N4O4. The summed E-state index contributed by atoms with van der Waals surface area (Å²) in [4.78, 5) is 22.1. The fraction of sp³-hybridized carbons (Fsp3) is 0.562. The van der Waals surface area contributed by atoms with Gasteiger partial charge in [0.05, 0.1) is 10.6 Å². The van der Waals surface area contributed by atoms with Crippen LogP contribution in [0.25, 0.3) is 11.0 Å². The number of anilines is 1. The van der Waals surface area contributed by atoms with Crippen molar-refractivity contribution in [3.63, 3.8) is 0 Å². The molecule has 24 heavy (non-hydrogen) atoms. The molecule has 0 saturated heterocycles. The van der Waals surface area contributed by atoms with Crippen molar-refractivity contribution in [3.05, 3.63) is 22.2 Å². The van der Waals surface area contributed by atoms with Crippen LogP contribution in [0.5, 0.6) is 0 Å². The van der Waals surface area contributed by atoms with Gasteiger partial charge >= 0.3 is 5.69 Å². The van der Waals surface area contributed by atoms with Crippen molar-refractivity contribution in [3.8, 4) is 0 Å². The molecule has 1 aliphatic carbocycles. The zero-order valence-electron chi connectivity index (χ0n) is 13.4. The quantitative estimate of drug-likeness (QED) is 0.403. The summed E-state index contributed by atoms with van der Waals surface area (Å²) < 4.78 is 4.62. The summed E-state index contributed by atoms with van der Waals surface area (Å²) in [5.41, 5.74) is 1.06. The van der Waals surface area contributed by atoms with E-state index in [1.807, 2.05) is 0 Å². The van der Waals surface area contributed by atoms with Gasteiger partial charge in [-0.15, -0.1) is 0 Å². The highest BCUT2D eigenvalue weighted by atomic mass is 16.6. The summed E-state index contributed by atoms with van der Waals surface area (Å²) in [5.74, 6) is 1.05. The van der Waals surface area contributed by atoms with Crippen LogP contribution in [0.1, 0.15) is 44.9 Å². The molecule has 128 valence electrons. The van der Waals surface area contributed by atoms with Gasteiger partial charge in [0.2, 0.25) is 5.52 Å². The highest BCUT2D eigenvalue weighted by Crippen LogP contribution is 2.33. The number of nitro benzene ring substituents is 1. The Morgan fingerprint density at radius 3 is 2.79 bits per heavy atom. The molecule has 0 atom stereocenters. The van der Waals surface area contributed by atoms with Gasteiger partial charge in [0.15, 0.2) is 5.52 Å². The molecule has 0 aliphatic heterocycles. The number of nitro groups is 1. The van der Waals surface area contributed by atoms with E-state index in [9.17, 15) is 14.9 Å². The zero-order valence-corrected chi connectivity index (χ0v) is 13.4. The Hall–Kier alpha value is -2.51. The highest BCUT2D eigenvalue weighted by Gasteiger charge is 2.23. The van der Waals surface area contributed by atoms with E-state index in [4.69, 9.17) is 0 Å². The topological polar surface area (TPSA) is 111 Å². The molecule has 1 saturated carbocycles. The molecule has 1 N–H and O–H groups in total. The normalized spacial score (nSPS) is 14.0. The Morgan fingerprint density at radius 1 is 1.25 bits per heavy atom. The first-order valence-electron chi connectivity index (χ1n) is 8.30. The Labute approximate surface area is 138 Å². The van der Waals surface area contributed by atoms with Crippen molar-refractivity contribution >= 4 is 28.2 Å². The molecule has 0 bridgehead atoms. The molecule has 1 aliphatic rings. The SMILES string of the molecule is O=C(CCCCCNc1ccc([N+](=O)[O-])c2nonc12)CC1CC1. The maximum Gasteiger partial charge on any atom is 0.300 e. The molecule has 0 spiro atoms. The number of carbonyl (C=O) groups excluding carboxylic acids is 1. The Kier molecular flexibility index (Phi) is 5.02. The fourth-order valence-corrected chi connectivity index (χ4v) is 2.74.